The molecule has 2 atom stereocenters. The Kier molecular flexibility index (Phi) is 7.20. The van der Waals surface area contributed by atoms with Gasteiger partial charge in [0.05, 0.1) is 12.1 Å². The van der Waals surface area contributed by atoms with Crippen LogP contribution in [0, 0.1) is 5.92 Å². The molecule has 1 amide bonds. The Morgan fingerprint density at radius 3 is 2.68 bits per heavy atom. The molecule has 1 aromatic heterocycles. The van der Waals surface area contributed by atoms with Crippen molar-refractivity contribution in [2.24, 2.45) is 5.92 Å². The van der Waals surface area contributed by atoms with Crippen LogP contribution in [0.4, 0.5) is 0 Å². The number of aromatic nitrogens is 1. The van der Waals surface area contributed by atoms with E-state index < -0.39 is 5.97 Å². The number of amides is 1. The fourth-order valence-electron chi connectivity index (χ4n) is 3.53. The smallest absolute Gasteiger partial charge is 0.312 e. The summed E-state index contributed by atoms with van der Waals surface area (Å²) in [4.78, 5) is 28.6. The highest BCUT2D eigenvalue weighted by Crippen LogP contribution is 2.25. The molecule has 1 fully saturated rings. The first-order chi connectivity index (χ1) is 13.5. The highest BCUT2D eigenvalue weighted by atomic mass is 32.1. The molecular formula is C22H28N2O3S. The van der Waals surface area contributed by atoms with E-state index in [0.29, 0.717) is 11.6 Å². The lowest BCUT2D eigenvalue weighted by atomic mass is 9.86. The Hall–Kier alpha value is -2.21. The normalized spacial score (nSPS) is 19.2. The van der Waals surface area contributed by atoms with E-state index in [4.69, 9.17) is 4.74 Å². The number of aryl methyl sites for hydroxylation is 1. The number of ether oxygens (including phenoxy) is 1. The second-order valence-electron chi connectivity index (χ2n) is 7.47. The van der Waals surface area contributed by atoms with Crippen LogP contribution in [0.15, 0.2) is 29.6 Å². The van der Waals surface area contributed by atoms with Crippen LogP contribution in [0.3, 0.4) is 0 Å². The van der Waals surface area contributed by atoms with E-state index in [9.17, 15) is 9.59 Å². The van der Waals surface area contributed by atoms with E-state index in [1.807, 2.05) is 5.38 Å². The minimum Gasteiger partial charge on any atom is -0.455 e. The van der Waals surface area contributed by atoms with Gasteiger partial charge < -0.3 is 10.1 Å². The third-order valence-electron chi connectivity index (χ3n) is 5.31. The monoisotopic (exact) mass is 400 g/mol. The molecule has 150 valence electrons. The lowest BCUT2D eigenvalue weighted by molar-refractivity contribution is -0.148. The van der Waals surface area contributed by atoms with Gasteiger partial charge in [-0.15, -0.1) is 11.3 Å². The van der Waals surface area contributed by atoms with Gasteiger partial charge in [-0.2, -0.15) is 0 Å². The molecule has 1 heterocycles. The summed E-state index contributed by atoms with van der Waals surface area (Å²) in [5.74, 6) is -0.166. The topological polar surface area (TPSA) is 68.3 Å². The van der Waals surface area contributed by atoms with E-state index in [2.05, 4.69) is 48.4 Å². The predicted molar refractivity (Wildman–Crippen MR) is 111 cm³/mol. The molecule has 1 aromatic carbocycles. The van der Waals surface area contributed by atoms with Gasteiger partial charge in [-0.25, -0.2) is 4.98 Å². The molecule has 0 bridgehead atoms. The molecule has 5 nitrogen and oxygen atoms in total. The molecule has 2 aromatic rings. The number of nitrogens with zero attached hydrogens (tertiary/aromatic N) is 1. The van der Waals surface area contributed by atoms with Crippen molar-refractivity contribution in [2.75, 3.05) is 6.61 Å². The maximum absolute atomic E-state index is 12.1. The van der Waals surface area contributed by atoms with Crippen LogP contribution in [0.25, 0.3) is 10.6 Å². The highest BCUT2D eigenvalue weighted by molar-refractivity contribution is 7.13. The van der Waals surface area contributed by atoms with Gasteiger partial charge in [0.1, 0.15) is 5.01 Å². The van der Waals surface area contributed by atoms with E-state index in [1.54, 1.807) is 0 Å². The van der Waals surface area contributed by atoms with Crippen molar-refractivity contribution < 1.29 is 14.3 Å². The summed E-state index contributed by atoms with van der Waals surface area (Å²) in [5, 5.41) is 5.75. The maximum atomic E-state index is 12.1. The summed E-state index contributed by atoms with van der Waals surface area (Å²) < 4.78 is 5.14. The van der Waals surface area contributed by atoms with Gasteiger partial charge in [0.2, 0.25) is 0 Å². The van der Waals surface area contributed by atoms with E-state index in [0.717, 1.165) is 36.3 Å². The van der Waals surface area contributed by atoms with Gasteiger partial charge in [0.25, 0.3) is 5.91 Å². The van der Waals surface area contributed by atoms with Crippen LogP contribution in [-0.2, 0) is 27.2 Å². The molecule has 0 saturated heterocycles. The molecule has 6 heteroatoms. The number of hydrogen-bond acceptors (Lipinski definition) is 5. The number of hydrogen-bond donors (Lipinski definition) is 1. The third kappa shape index (κ3) is 5.64. The number of nitrogens with one attached hydrogen (secondary N) is 1. The Morgan fingerprint density at radius 1 is 1.21 bits per heavy atom. The van der Waals surface area contributed by atoms with Crippen molar-refractivity contribution in [3.63, 3.8) is 0 Å². The average Bonchev–Trinajstić information content (AvgIpc) is 3.16. The zero-order chi connectivity index (χ0) is 19.9. The van der Waals surface area contributed by atoms with Crippen LogP contribution >= 0.6 is 11.3 Å². The van der Waals surface area contributed by atoms with Crippen LogP contribution < -0.4 is 5.32 Å². The van der Waals surface area contributed by atoms with Gasteiger partial charge in [0, 0.05) is 17.0 Å². The maximum Gasteiger partial charge on any atom is 0.312 e. The fourth-order valence-corrected chi connectivity index (χ4v) is 4.35. The lowest BCUT2D eigenvalue weighted by Crippen LogP contribution is -2.42. The van der Waals surface area contributed by atoms with Crippen molar-refractivity contribution in [1.29, 1.82) is 0 Å². The summed E-state index contributed by atoms with van der Waals surface area (Å²) in [6.45, 7) is 4.06. The highest BCUT2D eigenvalue weighted by Gasteiger charge is 2.23. The third-order valence-corrected chi connectivity index (χ3v) is 6.25. The molecule has 28 heavy (non-hydrogen) atoms. The molecule has 1 N–H and O–H groups in total. The standard InChI is InChI=1S/C22H28N2O3S/c1-3-16-8-10-17(11-9-16)22-23-18(14-28-22)12-21(26)27-13-20(25)24-19-7-5-4-6-15(19)2/h8-11,14-15,19H,3-7,12-13H2,1-2H3,(H,24,25)/t15-,19-/m1/s1. The zero-order valence-electron chi connectivity index (χ0n) is 16.6. The summed E-state index contributed by atoms with van der Waals surface area (Å²) in [6, 6.07) is 8.49. The van der Waals surface area contributed by atoms with Gasteiger partial charge in [-0.1, -0.05) is 51.0 Å². The van der Waals surface area contributed by atoms with Crippen LogP contribution in [0.1, 0.15) is 50.8 Å². The molecule has 0 aliphatic heterocycles. The first-order valence-corrected chi connectivity index (χ1v) is 10.9. The Labute approximate surface area is 170 Å². The molecule has 1 aliphatic rings. The molecule has 1 aliphatic carbocycles. The van der Waals surface area contributed by atoms with Crippen LogP contribution in [0.2, 0.25) is 0 Å². The molecular weight excluding hydrogens is 372 g/mol. The van der Waals surface area contributed by atoms with Crippen molar-refractivity contribution >= 4 is 23.2 Å². The number of rotatable bonds is 7. The van der Waals surface area contributed by atoms with Crippen molar-refractivity contribution in [3.05, 3.63) is 40.9 Å². The summed E-state index contributed by atoms with van der Waals surface area (Å²) in [5.41, 5.74) is 3.00. The zero-order valence-corrected chi connectivity index (χ0v) is 17.4. The number of carbonyl (C=O) groups excluding carboxylic acids is 2. The van der Waals surface area contributed by atoms with Crippen molar-refractivity contribution in [3.8, 4) is 10.6 Å². The first kappa shape index (κ1) is 20.5. The second-order valence-corrected chi connectivity index (χ2v) is 8.33. The Balaban J connectivity index is 1.45. The average molecular weight is 401 g/mol. The first-order valence-electron chi connectivity index (χ1n) is 10.0. The van der Waals surface area contributed by atoms with E-state index in [-0.39, 0.29) is 25.0 Å². The SMILES string of the molecule is CCc1ccc(-c2nc(CC(=O)OCC(=O)N[C@@H]3CCCC[C@H]3C)cs2)cc1. The number of benzene rings is 1. The molecule has 0 radical (unpaired) electrons. The predicted octanol–water partition coefficient (Wildman–Crippen LogP) is 4.15. The summed E-state index contributed by atoms with van der Waals surface area (Å²) >= 11 is 1.51. The van der Waals surface area contributed by atoms with Gasteiger partial charge in [-0.3, -0.25) is 9.59 Å². The second kappa shape index (κ2) is 9.82. The molecule has 1 saturated carbocycles. The molecule has 0 unspecified atom stereocenters. The molecule has 0 spiro atoms. The van der Waals surface area contributed by atoms with Gasteiger partial charge >= 0.3 is 5.97 Å². The molecule has 3 rings (SSSR count). The number of carbonyl (C=O) groups is 2. The minimum absolute atomic E-state index is 0.0800. The largest absolute Gasteiger partial charge is 0.455 e. The quantitative estimate of drug-likeness (QED) is 0.709. The summed E-state index contributed by atoms with van der Waals surface area (Å²) in [7, 11) is 0. The Bertz CT molecular complexity index is 800. The van der Waals surface area contributed by atoms with Crippen LogP contribution in [0.5, 0.6) is 0 Å². The Morgan fingerprint density at radius 2 is 1.96 bits per heavy atom. The van der Waals surface area contributed by atoms with E-state index in [1.165, 1.54) is 23.3 Å². The van der Waals surface area contributed by atoms with Gasteiger partial charge in [-0.05, 0) is 30.7 Å². The van der Waals surface area contributed by atoms with Crippen molar-refractivity contribution in [2.45, 2.75) is 58.4 Å². The fraction of sp³-hybridized carbons (Fsp3) is 0.500. The lowest BCUT2D eigenvalue weighted by Gasteiger charge is -2.29. The number of esters is 1. The summed E-state index contributed by atoms with van der Waals surface area (Å²) in [6.07, 6.45) is 5.59. The minimum atomic E-state index is -0.426. The van der Waals surface area contributed by atoms with Gasteiger partial charge in [0.15, 0.2) is 6.61 Å². The van der Waals surface area contributed by atoms with Crippen molar-refractivity contribution in [1.82, 2.24) is 10.3 Å². The number of thiazole rings is 1. The van der Waals surface area contributed by atoms with Crippen LogP contribution in [-0.4, -0.2) is 29.5 Å². The van der Waals surface area contributed by atoms with E-state index >= 15 is 0 Å².